The number of carbonyl (C=O) groups is 1. The first-order valence-corrected chi connectivity index (χ1v) is 4.82. The second-order valence-electron chi connectivity index (χ2n) is 2.49. The average Bonchev–Trinajstić information content (AvgIpc) is 2.08. The van der Waals surface area contributed by atoms with Gasteiger partial charge in [0.2, 0.25) is 0 Å². The molecule has 0 bridgehead atoms. The Morgan fingerprint density at radius 3 is 2.64 bits per heavy atom. The number of allylic oxidation sites excluding steroid dienone is 1. The lowest BCUT2D eigenvalue weighted by molar-refractivity contribution is -0.306. The van der Waals surface area contributed by atoms with Gasteiger partial charge in [0, 0.05) is 11.4 Å². The summed E-state index contributed by atoms with van der Waals surface area (Å²) in [5, 5.41) is 11.1. The molecule has 0 aromatic heterocycles. The Bertz CT molecular complexity index is 288. The van der Waals surface area contributed by atoms with Gasteiger partial charge in [0.1, 0.15) is 0 Å². The monoisotopic (exact) mass is 175 g/mol. The van der Waals surface area contributed by atoms with E-state index in [0.717, 1.165) is 5.41 Å². The van der Waals surface area contributed by atoms with Crippen molar-refractivity contribution in [3.8, 4) is 0 Å². The Kier molecular flexibility index (Phi) is 1.99. The first-order valence-electron chi connectivity index (χ1n) is 3.10. The first-order chi connectivity index (χ1) is 4.99. The van der Waals surface area contributed by atoms with E-state index in [-0.39, 0.29) is 12.2 Å². The third kappa shape index (κ3) is 2.34. The summed E-state index contributed by atoms with van der Waals surface area (Å²) in [5.41, 5.74) is 0. The molecule has 1 aliphatic rings. The summed E-state index contributed by atoms with van der Waals surface area (Å²) in [5.74, 6) is -1.71. The molecule has 0 aromatic carbocycles. The van der Waals surface area contributed by atoms with Gasteiger partial charge in [0.15, 0.2) is 9.84 Å². The Morgan fingerprint density at radius 2 is 2.27 bits per heavy atom. The SMILES string of the molecule is O=C([O-])CC1C=CS(=O)(=O)C1. The molecule has 1 heterocycles. The number of rotatable bonds is 2. The quantitative estimate of drug-likeness (QED) is 0.522. The Labute approximate surface area is 64.4 Å². The van der Waals surface area contributed by atoms with Gasteiger partial charge in [-0.1, -0.05) is 6.08 Å². The molecule has 0 aliphatic carbocycles. The highest BCUT2D eigenvalue weighted by molar-refractivity contribution is 7.94. The third-order valence-corrected chi connectivity index (χ3v) is 2.90. The molecule has 0 saturated heterocycles. The summed E-state index contributed by atoms with van der Waals surface area (Å²) in [7, 11) is -3.11. The smallest absolute Gasteiger partial charge is 0.171 e. The van der Waals surface area contributed by atoms with Gasteiger partial charge in [-0.2, -0.15) is 0 Å². The van der Waals surface area contributed by atoms with Crippen LogP contribution in [0.1, 0.15) is 6.42 Å². The highest BCUT2D eigenvalue weighted by Crippen LogP contribution is 2.17. The van der Waals surface area contributed by atoms with Gasteiger partial charge in [-0.15, -0.1) is 0 Å². The molecule has 1 atom stereocenters. The highest BCUT2D eigenvalue weighted by atomic mass is 32.2. The van der Waals surface area contributed by atoms with Gasteiger partial charge in [-0.3, -0.25) is 0 Å². The van der Waals surface area contributed by atoms with Gasteiger partial charge in [-0.05, 0) is 12.3 Å². The van der Waals surface area contributed by atoms with E-state index in [1.807, 2.05) is 0 Å². The van der Waals surface area contributed by atoms with Gasteiger partial charge in [0.25, 0.3) is 0 Å². The number of carbonyl (C=O) groups excluding carboxylic acids is 1. The molecule has 0 N–H and O–H groups in total. The molecule has 1 aliphatic heterocycles. The van der Waals surface area contributed by atoms with Crippen LogP contribution in [0, 0.1) is 5.92 Å². The predicted octanol–water partition coefficient (Wildman–Crippen LogP) is -1.32. The van der Waals surface area contributed by atoms with Crippen molar-refractivity contribution < 1.29 is 18.3 Å². The molecule has 0 saturated carbocycles. The minimum absolute atomic E-state index is 0.0962. The molecule has 5 heteroatoms. The van der Waals surface area contributed by atoms with E-state index >= 15 is 0 Å². The molecular formula is C6H7O4S-. The molecule has 0 spiro atoms. The zero-order valence-electron chi connectivity index (χ0n) is 5.69. The molecule has 1 unspecified atom stereocenters. The molecular weight excluding hydrogens is 168 g/mol. The second kappa shape index (κ2) is 2.65. The predicted molar refractivity (Wildman–Crippen MR) is 36.0 cm³/mol. The lowest BCUT2D eigenvalue weighted by atomic mass is 10.1. The molecule has 0 aromatic rings. The van der Waals surface area contributed by atoms with E-state index in [4.69, 9.17) is 0 Å². The van der Waals surface area contributed by atoms with Crippen molar-refractivity contribution in [2.24, 2.45) is 5.92 Å². The Balaban J connectivity index is 2.58. The molecule has 62 valence electrons. The number of hydrogen-bond donors (Lipinski definition) is 0. The summed E-state index contributed by atoms with van der Waals surface area (Å²) in [4.78, 5) is 10.0. The molecule has 11 heavy (non-hydrogen) atoms. The van der Waals surface area contributed by atoms with Gasteiger partial charge >= 0.3 is 0 Å². The fourth-order valence-corrected chi connectivity index (χ4v) is 2.38. The minimum Gasteiger partial charge on any atom is -0.550 e. The summed E-state index contributed by atoms with van der Waals surface area (Å²) < 4.78 is 21.4. The zero-order chi connectivity index (χ0) is 8.48. The van der Waals surface area contributed by atoms with Crippen LogP contribution in [-0.4, -0.2) is 20.1 Å². The summed E-state index contributed by atoms with van der Waals surface area (Å²) >= 11 is 0. The van der Waals surface area contributed by atoms with Crippen LogP contribution in [0.3, 0.4) is 0 Å². The third-order valence-electron chi connectivity index (χ3n) is 1.43. The van der Waals surface area contributed by atoms with E-state index in [9.17, 15) is 18.3 Å². The maximum atomic E-state index is 10.7. The minimum atomic E-state index is -3.11. The summed E-state index contributed by atoms with van der Waals surface area (Å²) in [6.45, 7) is 0. The molecule has 0 fully saturated rings. The molecule has 0 radical (unpaired) electrons. The van der Waals surface area contributed by atoms with E-state index in [1.54, 1.807) is 0 Å². The van der Waals surface area contributed by atoms with E-state index < -0.39 is 21.7 Å². The topological polar surface area (TPSA) is 74.3 Å². The van der Waals surface area contributed by atoms with Crippen LogP contribution in [0.15, 0.2) is 11.5 Å². The average molecular weight is 175 g/mol. The standard InChI is InChI=1S/C6H8O4S/c7-6(8)3-5-1-2-11(9,10)4-5/h1-2,5H,3-4H2,(H,7,8)/p-1. The van der Waals surface area contributed by atoms with Crippen molar-refractivity contribution in [3.63, 3.8) is 0 Å². The number of sulfone groups is 1. The van der Waals surface area contributed by atoms with Crippen LogP contribution in [0.5, 0.6) is 0 Å². The van der Waals surface area contributed by atoms with Crippen LogP contribution in [0.2, 0.25) is 0 Å². The van der Waals surface area contributed by atoms with Crippen LogP contribution in [0.25, 0.3) is 0 Å². The maximum absolute atomic E-state index is 10.7. The van der Waals surface area contributed by atoms with Gasteiger partial charge < -0.3 is 9.90 Å². The van der Waals surface area contributed by atoms with E-state index in [1.165, 1.54) is 6.08 Å². The van der Waals surface area contributed by atoms with Crippen LogP contribution < -0.4 is 5.11 Å². The lowest BCUT2D eigenvalue weighted by Crippen LogP contribution is -2.25. The number of carboxylic acids is 1. The van der Waals surface area contributed by atoms with E-state index in [0.29, 0.717) is 0 Å². The second-order valence-corrected chi connectivity index (χ2v) is 4.43. The lowest BCUT2D eigenvalue weighted by Gasteiger charge is -2.05. The van der Waals surface area contributed by atoms with Crippen LogP contribution >= 0.6 is 0 Å². The highest BCUT2D eigenvalue weighted by Gasteiger charge is 2.21. The maximum Gasteiger partial charge on any atom is 0.171 e. The first kappa shape index (κ1) is 8.26. The van der Waals surface area contributed by atoms with Gasteiger partial charge in [-0.25, -0.2) is 8.42 Å². The fraction of sp³-hybridized carbons (Fsp3) is 0.500. The van der Waals surface area contributed by atoms with Crippen molar-refractivity contribution in [3.05, 3.63) is 11.5 Å². The van der Waals surface area contributed by atoms with Crippen molar-refractivity contribution in [1.82, 2.24) is 0 Å². The molecule has 1 rings (SSSR count). The van der Waals surface area contributed by atoms with Crippen LogP contribution in [0.4, 0.5) is 0 Å². The van der Waals surface area contributed by atoms with Crippen molar-refractivity contribution in [1.29, 1.82) is 0 Å². The Morgan fingerprint density at radius 1 is 1.64 bits per heavy atom. The van der Waals surface area contributed by atoms with E-state index in [2.05, 4.69) is 0 Å². The van der Waals surface area contributed by atoms with Crippen molar-refractivity contribution >= 4 is 15.8 Å². The fourth-order valence-electron chi connectivity index (χ4n) is 0.981. The zero-order valence-corrected chi connectivity index (χ0v) is 6.50. The van der Waals surface area contributed by atoms with Gasteiger partial charge in [0.05, 0.1) is 5.75 Å². The molecule has 0 amide bonds. The summed E-state index contributed by atoms with van der Waals surface area (Å²) in [6, 6.07) is 0. The number of carboxylic acid groups (broad SMARTS) is 1. The Hall–Kier alpha value is -0.840. The van der Waals surface area contributed by atoms with Crippen LogP contribution in [-0.2, 0) is 14.6 Å². The normalized spacial score (nSPS) is 27.1. The van der Waals surface area contributed by atoms with Crippen molar-refractivity contribution in [2.45, 2.75) is 6.42 Å². The number of aliphatic carboxylic acids is 1. The van der Waals surface area contributed by atoms with Crippen molar-refractivity contribution in [2.75, 3.05) is 5.75 Å². The molecule has 4 nitrogen and oxygen atoms in total. The summed E-state index contributed by atoms with van der Waals surface area (Å²) in [6.07, 6.45) is 1.18. The number of hydrogen-bond acceptors (Lipinski definition) is 4. The largest absolute Gasteiger partial charge is 0.550 e.